The van der Waals surface area contributed by atoms with Gasteiger partial charge < -0.3 is 4.74 Å². The molecule has 0 radical (unpaired) electrons. The average Bonchev–Trinajstić information content (AvgIpc) is 2.36. The lowest BCUT2D eigenvalue weighted by atomic mass is 10.1. The minimum Gasteiger partial charge on any atom is -0.376 e. The molecule has 0 N–H and O–H groups in total. The molecule has 0 spiro atoms. The molecule has 1 aromatic rings. The van der Waals surface area contributed by atoms with Gasteiger partial charge in [0.05, 0.1) is 21.3 Å². The van der Waals surface area contributed by atoms with Gasteiger partial charge in [0.25, 0.3) is 0 Å². The summed E-state index contributed by atoms with van der Waals surface area (Å²) in [5, 5.41) is 1.66. The molecule has 1 aromatic carbocycles. The van der Waals surface area contributed by atoms with Crippen molar-refractivity contribution in [3.05, 3.63) is 47.2 Å². The number of hydrogen-bond acceptors (Lipinski definition) is 1. The molecule has 0 aromatic heterocycles. The van der Waals surface area contributed by atoms with Gasteiger partial charge in [0.15, 0.2) is 0 Å². The second-order valence-electron chi connectivity index (χ2n) is 6.27. The van der Waals surface area contributed by atoms with Gasteiger partial charge in [0.2, 0.25) is 0 Å². The minimum absolute atomic E-state index is 0.505. The Morgan fingerprint density at radius 1 is 1.21 bits per heavy atom. The summed E-state index contributed by atoms with van der Waals surface area (Å²) in [4.78, 5) is 0. The number of hydrogen-bond donors (Lipinski definition) is 0. The third kappa shape index (κ3) is 6.21. The van der Waals surface area contributed by atoms with Gasteiger partial charge in [-0.3, -0.25) is 0 Å². The highest BCUT2D eigenvalue weighted by Gasteiger charge is 2.18. The maximum absolute atomic E-state index is 5.81. The van der Waals surface area contributed by atoms with Gasteiger partial charge >= 0.3 is 0 Å². The monoisotopic (exact) mass is 276 g/mol. The second-order valence-corrected chi connectivity index (χ2v) is 11.4. The van der Waals surface area contributed by atoms with Crippen molar-refractivity contribution >= 4 is 8.07 Å². The van der Waals surface area contributed by atoms with Crippen molar-refractivity contribution in [3.8, 4) is 0 Å². The molecule has 19 heavy (non-hydrogen) atoms. The fraction of sp³-hybridized carbons (Fsp3) is 0.529. The Bertz CT molecular complexity index is 389. The van der Waals surface area contributed by atoms with Crippen LogP contribution in [0.2, 0.25) is 19.6 Å². The largest absolute Gasteiger partial charge is 0.376 e. The van der Waals surface area contributed by atoms with Crippen molar-refractivity contribution in [2.24, 2.45) is 5.92 Å². The summed E-state index contributed by atoms with van der Waals surface area (Å²) in [6.45, 7) is 13.3. The van der Waals surface area contributed by atoms with E-state index >= 15 is 0 Å². The topological polar surface area (TPSA) is 9.23 Å². The van der Waals surface area contributed by atoms with Crippen molar-refractivity contribution < 1.29 is 4.74 Å². The number of rotatable bonds is 7. The highest BCUT2D eigenvalue weighted by atomic mass is 28.3. The second kappa shape index (κ2) is 7.66. The van der Waals surface area contributed by atoms with E-state index in [1.54, 1.807) is 5.20 Å². The van der Waals surface area contributed by atoms with Crippen LogP contribution in [0.1, 0.15) is 25.8 Å². The molecule has 0 saturated carbocycles. The maximum atomic E-state index is 5.81. The summed E-state index contributed by atoms with van der Waals surface area (Å²) in [5.41, 5.74) is 1.25. The quantitative estimate of drug-likeness (QED) is 0.633. The first-order valence-corrected chi connectivity index (χ1v) is 10.8. The Morgan fingerprint density at radius 3 is 2.37 bits per heavy atom. The van der Waals surface area contributed by atoms with Crippen LogP contribution < -0.4 is 0 Å². The third-order valence-electron chi connectivity index (χ3n) is 3.32. The molecule has 0 unspecified atom stereocenters. The van der Waals surface area contributed by atoms with E-state index < -0.39 is 8.07 Å². The number of benzene rings is 1. The van der Waals surface area contributed by atoms with Gasteiger partial charge in [-0.2, -0.15) is 0 Å². The van der Waals surface area contributed by atoms with Crippen molar-refractivity contribution in [3.63, 3.8) is 0 Å². The lowest BCUT2D eigenvalue weighted by Gasteiger charge is -2.21. The first-order chi connectivity index (χ1) is 8.93. The van der Waals surface area contributed by atoms with E-state index in [1.807, 2.05) is 6.07 Å². The predicted molar refractivity (Wildman–Crippen MR) is 87.0 cm³/mol. The zero-order chi connectivity index (χ0) is 14.3. The van der Waals surface area contributed by atoms with Gasteiger partial charge in [-0.1, -0.05) is 75.1 Å². The molecular weight excluding hydrogens is 248 g/mol. The van der Waals surface area contributed by atoms with Gasteiger partial charge in [0.1, 0.15) is 0 Å². The summed E-state index contributed by atoms with van der Waals surface area (Å²) in [6, 6.07) is 10.4. The zero-order valence-corrected chi connectivity index (χ0v) is 14.1. The smallest absolute Gasteiger partial charge is 0.0720 e. The first kappa shape index (κ1) is 16.2. The van der Waals surface area contributed by atoms with Crippen molar-refractivity contribution in [2.45, 2.75) is 46.5 Å². The highest BCUT2D eigenvalue weighted by molar-refractivity contribution is 6.83. The van der Waals surface area contributed by atoms with Crippen LogP contribution >= 0.6 is 0 Å². The zero-order valence-electron chi connectivity index (χ0n) is 13.1. The summed E-state index contributed by atoms with van der Waals surface area (Å²) in [5.74, 6) is 0.505. The summed E-state index contributed by atoms with van der Waals surface area (Å²) in [6.07, 6.45) is 3.62. The highest BCUT2D eigenvalue weighted by Crippen LogP contribution is 2.20. The van der Waals surface area contributed by atoms with E-state index in [4.69, 9.17) is 4.74 Å². The predicted octanol–water partition coefficient (Wildman–Crippen LogP) is 5.05. The molecule has 0 aliphatic rings. The molecule has 1 atom stereocenters. The van der Waals surface area contributed by atoms with Crippen LogP contribution in [0, 0.1) is 5.92 Å². The lowest BCUT2D eigenvalue weighted by molar-refractivity contribution is 0.104. The van der Waals surface area contributed by atoms with Gasteiger partial charge in [-0.05, 0) is 17.9 Å². The molecule has 0 bridgehead atoms. The van der Waals surface area contributed by atoms with E-state index in [0.29, 0.717) is 12.5 Å². The van der Waals surface area contributed by atoms with Crippen LogP contribution in [-0.2, 0) is 11.3 Å². The Kier molecular flexibility index (Phi) is 6.53. The van der Waals surface area contributed by atoms with E-state index in [2.05, 4.69) is 63.8 Å². The number of ether oxygens (including phenoxy) is 1. The molecule has 106 valence electrons. The van der Waals surface area contributed by atoms with E-state index in [-0.39, 0.29) is 0 Å². The minimum atomic E-state index is -1.15. The SMILES string of the molecule is CC/C(=C/[C@@H](C)COCc1ccccc1)[Si](C)(C)C. The van der Waals surface area contributed by atoms with Gasteiger partial charge in [0, 0.05) is 0 Å². The Morgan fingerprint density at radius 2 is 1.84 bits per heavy atom. The number of allylic oxidation sites excluding steroid dienone is 1. The Balaban J connectivity index is 2.43. The van der Waals surface area contributed by atoms with Crippen LogP contribution in [-0.4, -0.2) is 14.7 Å². The van der Waals surface area contributed by atoms with E-state index in [9.17, 15) is 0 Å². The van der Waals surface area contributed by atoms with Crippen LogP contribution in [0.5, 0.6) is 0 Å². The van der Waals surface area contributed by atoms with E-state index in [1.165, 1.54) is 12.0 Å². The Labute approximate surface area is 119 Å². The van der Waals surface area contributed by atoms with E-state index in [0.717, 1.165) is 6.61 Å². The van der Waals surface area contributed by atoms with Crippen LogP contribution in [0.15, 0.2) is 41.6 Å². The molecular formula is C17H28OSi. The molecule has 2 heteroatoms. The fourth-order valence-electron chi connectivity index (χ4n) is 2.23. The maximum Gasteiger partial charge on any atom is 0.0720 e. The average molecular weight is 276 g/mol. The summed E-state index contributed by atoms with van der Waals surface area (Å²) < 4.78 is 5.81. The summed E-state index contributed by atoms with van der Waals surface area (Å²) in [7, 11) is -1.15. The fourth-order valence-corrected chi connectivity index (χ4v) is 4.07. The normalized spacial score (nSPS) is 14.5. The molecule has 1 rings (SSSR count). The molecule has 0 heterocycles. The molecule has 0 aliphatic heterocycles. The molecule has 1 nitrogen and oxygen atoms in total. The third-order valence-corrected chi connectivity index (χ3v) is 5.77. The standard InChI is InChI=1S/C17H28OSi/c1-6-17(19(3,4)5)12-15(2)13-18-14-16-10-8-7-9-11-16/h7-12,15H,6,13-14H2,1-5H3/b17-12-/t15-/m1/s1. The Hall–Kier alpha value is -0.863. The molecule has 0 saturated heterocycles. The lowest BCUT2D eigenvalue weighted by Crippen LogP contribution is -2.24. The van der Waals surface area contributed by atoms with Gasteiger partial charge in [-0.15, -0.1) is 0 Å². The molecule has 0 amide bonds. The van der Waals surface area contributed by atoms with Crippen LogP contribution in [0.25, 0.3) is 0 Å². The molecule has 0 aliphatic carbocycles. The van der Waals surface area contributed by atoms with Gasteiger partial charge in [-0.25, -0.2) is 0 Å². The van der Waals surface area contributed by atoms with Crippen molar-refractivity contribution in [1.29, 1.82) is 0 Å². The summed E-state index contributed by atoms with van der Waals surface area (Å²) >= 11 is 0. The molecule has 0 fully saturated rings. The first-order valence-electron chi connectivity index (χ1n) is 7.26. The van der Waals surface area contributed by atoms with Crippen molar-refractivity contribution in [2.75, 3.05) is 6.61 Å². The van der Waals surface area contributed by atoms with Crippen LogP contribution in [0.4, 0.5) is 0 Å². The van der Waals surface area contributed by atoms with Crippen LogP contribution in [0.3, 0.4) is 0 Å². The van der Waals surface area contributed by atoms with Crippen molar-refractivity contribution in [1.82, 2.24) is 0 Å².